The van der Waals surface area contributed by atoms with Crippen LogP contribution in [0.1, 0.15) is 47.9 Å². The van der Waals surface area contributed by atoms with E-state index in [2.05, 4.69) is 0 Å². The third-order valence-corrected chi connectivity index (χ3v) is 6.50. The number of alkyl halides is 1. The number of carbonyl (C=O) groups excluding carboxylic acids is 4. The molecule has 9 nitrogen and oxygen atoms in total. The smallest absolute Gasteiger partial charge is 0.287 e. The molecule has 188 valence electrons. The molecular formula is C25H16Cl3N3O6. The number of rotatable bonds is 8. The van der Waals surface area contributed by atoms with Crippen LogP contribution in [0.4, 0.5) is 5.69 Å². The normalized spacial score (nSPS) is 13.3. The van der Waals surface area contributed by atoms with Crippen molar-refractivity contribution in [2.24, 2.45) is 0 Å². The molecule has 0 saturated heterocycles. The number of hydrogen-bond acceptors (Lipinski definition) is 6. The maximum Gasteiger partial charge on any atom is 0.287 e. The Bertz CT molecular complexity index is 1440. The molecule has 1 aliphatic heterocycles. The number of amides is 3. The molecule has 4 rings (SSSR count). The number of hydrazine groups is 1. The van der Waals surface area contributed by atoms with E-state index in [4.69, 9.17) is 34.8 Å². The average Bonchev–Trinajstić information content (AvgIpc) is 3.13. The summed E-state index contributed by atoms with van der Waals surface area (Å²) < 4.78 is 0. The van der Waals surface area contributed by atoms with Crippen molar-refractivity contribution in [1.29, 1.82) is 0 Å². The quantitative estimate of drug-likeness (QED) is 0.119. The predicted octanol–water partition coefficient (Wildman–Crippen LogP) is 5.44. The van der Waals surface area contributed by atoms with Crippen LogP contribution in [0.15, 0.2) is 66.7 Å². The molecule has 12 heteroatoms. The van der Waals surface area contributed by atoms with Gasteiger partial charge in [-0.1, -0.05) is 41.4 Å². The maximum absolute atomic E-state index is 13.9. The molecule has 0 bridgehead atoms. The van der Waals surface area contributed by atoms with Crippen molar-refractivity contribution in [3.05, 3.63) is 109 Å². The first-order valence-corrected chi connectivity index (χ1v) is 12.1. The molecule has 1 atom stereocenters. The minimum absolute atomic E-state index is 0.00338. The Morgan fingerprint density at radius 1 is 0.946 bits per heavy atom. The summed E-state index contributed by atoms with van der Waals surface area (Å²) in [4.78, 5) is 65.3. The average molecular weight is 561 g/mol. The zero-order chi connectivity index (χ0) is 26.9. The van der Waals surface area contributed by atoms with Gasteiger partial charge in [0.2, 0.25) is 0 Å². The lowest BCUT2D eigenvalue weighted by Gasteiger charge is -2.36. The van der Waals surface area contributed by atoms with Crippen LogP contribution in [0.2, 0.25) is 10.0 Å². The van der Waals surface area contributed by atoms with Gasteiger partial charge in [-0.25, -0.2) is 5.01 Å². The second-order valence-electron chi connectivity index (χ2n) is 7.87. The van der Waals surface area contributed by atoms with Crippen molar-refractivity contribution in [3.63, 3.8) is 0 Å². The fourth-order valence-electron chi connectivity index (χ4n) is 4.01. The first-order chi connectivity index (χ1) is 17.7. The molecule has 0 fully saturated rings. The van der Waals surface area contributed by atoms with Crippen molar-refractivity contribution < 1.29 is 24.1 Å². The zero-order valence-electron chi connectivity index (χ0n) is 18.8. The minimum atomic E-state index is -1.44. The van der Waals surface area contributed by atoms with E-state index >= 15 is 0 Å². The van der Waals surface area contributed by atoms with Crippen molar-refractivity contribution in [2.45, 2.75) is 12.5 Å². The summed E-state index contributed by atoms with van der Waals surface area (Å²) in [5.41, 5.74) is -1.34. The van der Waals surface area contributed by atoms with Gasteiger partial charge in [0.05, 0.1) is 21.1 Å². The highest BCUT2D eigenvalue weighted by atomic mass is 35.5. The number of halogens is 3. The Balaban J connectivity index is 1.90. The molecule has 3 amide bonds. The standard InChI is InChI=1S/C25H16Cl3N3O6/c26-13-12-20(22(32)14-8-10-15(27)11-9-14)29(23(33)16-4-1-2-6-18(16)28)30-24(34)17-5-3-7-19(31(36)37)21(17)25(30)35/h1-11,20H,12-13H2/t20-/m0/s1. The first-order valence-electron chi connectivity index (χ1n) is 10.8. The van der Waals surface area contributed by atoms with Crippen LogP contribution in [0.5, 0.6) is 0 Å². The van der Waals surface area contributed by atoms with Crippen LogP contribution in [0.25, 0.3) is 0 Å². The second-order valence-corrected chi connectivity index (χ2v) is 9.09. The number of nitro benzene ring substituents is 1. The van der Waals surface area contributed by atoms with Crippen LogP contribution in [0.3, 0.4) is 0 Å². The third-order valence-electron chi connectivity index (χ3n) is 5.71. The zero-order valence-corrected chi connectivity index (χ0v) is 21.0. The molecule has 0 aliphatic carbocycles. The van der Waals surface area contributed by atoms with E-state index in [0.29, 0.717) is 15.0 Å². The molecule has 0 spiro atoms. The topological polar surface area (TPSA) is 118 Å². The first kappa shape index (κ1) is 26.3. The fourth-order valence-corrected chi connectivity index (χ4v) is 4.56. The molecule has 3 aromatic rings. The van der Waals surface area contributed by atoms with Crippen molar-refractivity contribution >= 4 is 64.0 Å². The number of ketones is 1. The van der Waals surface area contributed by atoms with Gasteiger partial charge in [0.15, 0.2) is 5.78 Å². The van der Waals surface area contributed by atoms with E-state index in [1.165, 1.54) is 54.6 Å². The minimum Gasteiger partial charge on any atom is -0.292 e. The maximum atomic E-state index is 13.9. The van der Waals surface area contributed by atoms with Crippen LogP contribution in [0, 0.1) is 10.1 Å². The lowest BCUT2D eigenvalue weighted by atomic mass is 10.0. The molecular weight excluding hydrogens is 545 g/mol. The Kier molecular flexibility index (Phi) is 7.58. The number of hydrogen-bond donors (Lipinski definition) is 0. The second kappa shape index (κ2) is 10.7. The molecule has 0 aromatic heterocycles. The molecule has 1 heterocycles. The number of Topliss-reactive ketones (excluding diaryl/α,β-unsaturated/α-hetero) is 1. The number of fused-ring (bicyclic) bond motifs is 1. The number of carbonyl (C=O) groups is 4. The summed E-state index contributed by atoms with van der Waals surface area (Å²) in [6, 6.07) is 13.8. The predicted molar refractivity (Wildman–Crippen MR) is 136 cm³/mol. The SMILES string of the molecule is O=C(c1ccc(Cl)cc1)[C@H](CCCl)N(C(=O)c1ccccc1Cl)N1C(=O)c2cccc([N+](=O)[O-])c2C1=O. The summed E-state index contributed by atoms with van der Waals surface area (Å²) in [7, 11) is 0. The molecule has 0 unspecified atom stereocenters. The fraction of sp³-hybridized carbons (Fsp3) is 0.120. The summed E-state index contributed by atoms with van der Waals surface area (Å²) in [5, 5.41) is 13.1. The van der Waals surface area contributed by atoms with Crippen LogP contribution in [-0.4, -0.2) is 50.4 Å². The monoisotopic (exact) mass is 559 g/mol. The highest BCUT2D eigenvalue weighted by Crippen LogP contribution is 2.34. The van der Waals surface area contributed by atoms with E-state index in [0.717, 1.165) is 6.07 Å². The highest BCUT2D eigenvalue weighted by molar-refractivity contribution is 6.34. The molecule has 1 aliphatic rings. The third kappa shape index (κ3) is 4.81. The van der Waals surface area contributed by atoms with Gasteiger partial charge in [0, 0.05) is 22.5 Å². The Morgan fingerprint density at radius 3 is 2.24 bits per heavy atom. The number of benzene rings is 3. The van der Waals surface area contributed by atoms with E-state index in [1.807, 2.05) is 0 Å². The van der Waals surface area contributed by atoms with E-state index in [9.17, 15) is 29.3 Å². The van der Waals surface area contributed by atoms with E-state index < -0.39 is 45.7 Å². The molecule has 0 saturated carbocycles. The summed E-state index contributed by atoms with van der Waals surface area (Å²) in [6.45, 7) is 0. The lowest BCUT2D eigenvalue weighted by Crippen LogP contribution is -2.57. The van der Waals surface area contributed by atoms with Gasteiger partial charge in [-0.3, -0.25) is 29.3 Å². The van der Waals surface area contributed by atoms with Crippen molar-refractivity contribution in [3.8, 4) is 0 Å². The highest BCUT2D eigenvalue weighted by Gasteiger charge is 2.49. The Morgan fingerprint density at radius 2 is 1.62 bits per heavy atom. The van der Waals surface area contributed by atoms with Gasteiger partial charge in [0.1, 0.15) is 11.6 Å². The van der Waals surface area contributed by atoms with Gasteiger partial charge in [-0.05, 0) is 48.9 Å². The summed E-state index contributed by atoms with van der Waals surface area (Å²) in [5.74, 6) is -3.84. The van der Waals surface area contributed by atoms with E-state index in [1.54, 1.807) is 6.07 Å². The van der Waals surface area contributed by atoms with Crippen LogP contribution >= 0.6 is 34.8 Å². The van der Waals surface area contributed by atoms with Gasteiger partial charge in [0.25, 0.3) is 23.4 Å². The largest absolute Gasteiger partial charge is 0.292 e. The van der Waals surface area contributed by atoms with Gasteiger partial charge in [-0.2, -0.15) is 5.01 Å². The summed E-state index contributed by atoms with van der Waals surface area (Å²) in [6.07, 6.45) is -0.158. The number of nitro groups is 1. The number of nitrogens with zero attached hydrogens (tertiary/aromatic N) is 3. The summed E-state index contributed by atoms with van der Waals surface area (Å²) >= 11 is 18.2. The van der Waals surface area contributed by atoms with Gasteiger partial charge in [-0.15, -0.1) is 11.6 Å². The van der Waals surface area contributed by atoms with Crippen LogP contribution in [-0.2, 0) is 0 Å². The lowest BCUT2D eigenvalue weighted by molar-refractivity contribution is -0.385. The van der Waals surface area contributed by atoms with Gasteiger partial charge < -0.3 is 0 Å². The Hall–Kier alpha value is -3.79. The Labute approximate surface area is 225 Å². The molecule has 3 aromatic carbocycles. The molecule has 0 radical (unpaired) electrons. The van der Waals surface area contributed by atoms with Crippen molar-refractivity contribution in [1.82, 2.24) is 10.0 Å². The molecule has 37 heavy (non-hydrogen) atoms. The molecule has 0 N–H and O–H groups in total. The van der Waals surface area contributed by atoms with Crippen LogP contribution < -0.4 is 0 Å². The van der Waals surface area contributed by atoms with Gasteiger partial charge >= 0.3 is 0 Å². The number of imide groups is 1. The van der Waals surface area contributed by atoms with E-state index in [-0.39, 0.29) is 34.0 Å². The van der Waals surface area contributed by atoms with Crippen molar-refractivity contribution in [2.75, 3.05) is 5.88 Å².